The van der Waals surface area contributed by atoms with Crippen molar-refractivity contribution in [1.29, 1.82) is 0 Å². The van der Waals surface area contributed by atoms with Gasteiger partial charge in [-0.15, -0.1) is 21.5 Å². The van der Waals surface area contributed by atoms with Gasteiger partial charge in [0, 0.05) is 17.2 Å². The van der Waals surface area contributed by atoms with E-state index in [4.69, 9.17) is 0 Å². The number of thiophene rings is 1. The van der Waals surface area contributed by atoms with Gasteiger partial charge in [0.1, 0.15) is 6.33 Å². The second kappa shape index (κ2) is 7.96. The molecule has 0 bridgehead atoms. The van der Waals surface area contributed by atoms with Crippen LogP contribution in [0.25, 0.3) is 6.08 Å². The monoisotopic (exact) mass is 327 g/mol. The molecule has 0 amide bonds. The molecule has 3 rings (SSSR count). The topological polar surface area (TPSA) is 30.7 Å². The van der Waals surface area contributed by atoms with Crippen LogP contribution >= 0.6 is 23.1 Å². The van der Waals surface area contributed by atoms with Crippen LogP contribution in [0.2, 0.25) is 0 Å². The summed E-state index contributed by atoms with van der Waals surface area (Å²) >= 11 is 3.51. The molecule has 0 fully saturated rings. The molecular weight excluding hydrogens is 310 g/mol. The molecule has 3 nitrogen and oxygen atoms in total. The first-order valence-corrected chi connectivity index (χ1v) is 9.03. The van der Waals surface area contributed by atoms with Gasteiger partial charge < -0.3 is 4.57 Å². The van der Waals surface area contributed by atoms with Crippen molar-refractivity contribution in [3.05, 3.63) is 70.7 Å². The first kappa shape index (κ1) is 15.1. The zero-order valence-electron chi connectivity index (χ0n) is 12.1. The smallest absolute Gasteiger partial charge is 0.191 e. The summed E-state index contributed by atoms with van der Waals surface area (Å²) in [5, 5.41) is 11.3. The first-order valence-electron chi connectivity index (χ1n) is 7.16. The number of benzene rings is 1. The Morgan fingerprint density at radius 2 is 2.05 bits per heavy atom. The summed E-state index contributed by atoms with van der Waals surface area (Å²) in [7, 11) is 0. The maximum absolute atomic E-state index is 4.21. The Hall–Kier alpha value is -1.85. The van der Waals surface area contributed by atoms with Crippen LogP contribution in [-0.2, 0) is 13.0 Å². The molecule has 0 saturated carbocycles. The van der Waals surface area contributed by atoms with E-state index in [1.807, 2.05) is 24.5 Å². The molecule has 0 saturated heterocycles. The van der Waals surface area contributed by atoms with Gasteiger partial charge >= 0.3 is 0 Å². The minimum atomic E-state index is 0.895. The molecule has 5 heteroatoms. The highest BCUT2D eigenvalue weighted by Crippen LogP contribution is 2.17. The SMILES string of the molecule is C(=C\c1ccccc1)/CSc1nncn1CCc1cccs1. The Balaban J connectivity index is 1.51. The fourth-order valence-corrected chi connectivity index (χ4v) is 3.51. The maximum atomic E-state index is 4.21. The highest BCUT2D eigenvalue weighted by Gasteiger charge is 2.04. The van der Waals surface area contributed by atoms with Crippen LogP contribution in [-0.4, -0.2) is 20.5 Å². The second-order valence-corrected chi connectivity index (χ2v) is 6.78. The van der Waals surface area contributed by atoms with Crippen molar-refractivity contribution < 1.29 is 0 Å². The van der Waals surface area contributed by atoms with E-state index in [0.29, 0.717) is 0 Å². The van der Waals surface area contributed by atoms with E-state index in [9.17, 15) is 0 Å². The molecule has 22 heavy (non-hydrogen) atoms. The lowest BCUT2D eigenvalue weighted by Gasteiger charge is -2.04. The third kappa shape index (κ3) is 4.32. The zero-order chi connectivity index (χ0) is 15.0. The summed E-state index contributed by atoms with van der Waals surface area (Å²) in [5.41, 5.74) is 1.22. The quantitative estimate of drug-likeness (QED) is 0.603. The third-order valence-corrected chi connectivity index (χ3v) is 5.05. The van der Waals surface area contributed by atoms with Crippen LogP contribution in [0.15, 0.2) is 65.4 Å². The van der Waals surface area contributed by atoms with Gasteiger partial charge in [0.15, 0.2) is 5.16 Å². The van der Waals surface area contributed by atoms with E-state index < -0.39 is 0 Å². The van der Waals surface area contributed by atoms with Gasteiger partial charge in [-0.05, 0) is 23.4 Å². The van der Waals surface area contributed by atoms with Crippen molar-refractivity contribution in [3.63, 3.8) is 0 Å². The van der Waals surface area contributed by atoms with Gasteiger partial charge in [0.25, 0.3) is 0 Å². The van der Waals surface area contributed by atoms with Crippen LogP contribution < -0.4 is 0 Å². The van der Waals surface area contributed by atoms with Crippen LogP contribution in [0.3, 0.4) is 0 Å². The number of thioether (sulfide) groups is 1. The van der Waals surface area contributed by atoms with E-state index in [1.165, 1.54) is 10.4 Å². The number of aromatic nitrogens is 3. The van der Waals surface area contributed by atoms with Crippen molar-refractivity contribution >= 4 is 29.2 Å². The molecule has 0 aliphatic rings. The molecule has 0 N–H and O–H groups in total. The van der Waals surface area contributed by atoms with Crippen molar-refractivity contribution in [1.82, 2.24) is 14.8 Å². The summed E-state index contributed by atoms with van der Waals surface area (Å²) in [6.45, 7) is 0.929. The maximum Gasteiger partial charge on any atom is 0.191 e. The number of aryl methyl sites for hydroxylation is 2. The van der Waals surface area contributed by atoms with Crippen LogP contribution in [0, 0.1) is 0 Å². The van der Waals surface area contributed by atoms with Gasteiger partial charge in [-0.2, -0.15) is 0 Å². The van der Waals surface area contributed by atoms with Gasteiger partial charge in [-0.25, -0.2) is 0 Å². The number of hydrogen-bond acceptors (Lipinski definition) is 4. The molecule has 0 spiro atoms. The van der Waals surface area contributed by atoms with Crippen LogP contribution in [0.5, 0.6) is 0 Å². The van der Waals surface area contributed by atoms with E-state index in [2.05, 4.69) is 56.6 Å². The largest absolute Gasteiger partial charge is 0.308 e. The average molecular weight is 327 g/mol. The third-order valence-electron chi connectivity index (χ3n) is 3.18. The lowest BCUT2D eigenvalue weighted by Crippen LogP contribution is -2.01. The Kier molecular flexibility index (Phi) is 5.45. The van der Waals surface area contributed by atoms with Crippen LogP contribution in [0.1, 0.15) is 10.4 Å². The molecule has 3 aromatic rings. The Bertz CT molecular complexity index is 703. The molecule has 2 aromatic heterocycles. The summed E-state index contributed by atoms with van der Waals surface area (Å²) < 4.78 is 2.13. The van der Waals surface area contributed by atoms with Gasteiger partial charge in [-0.3, -0.25) is 0 Å². The van der Waals surface area contributed by atoms with Crippen molar-refractivity contribution in [2.24, 2.45) is 0 Å². The molecule has 0 aliphatic heterocycles. The summed E-state index contributed by atoms with van der Waals surface area (Å²) in [4.78, 5) is 1.40. The fraction of sp³-hybridized carbons (Fsp3) is 0.176. The zero-order valence-corrected chi connectivity index (χ0v) is 13.8. The minimum absolute atomic E-state index is 0.895. The lowest BCUT2D eigenvalue weighted by atomic mass is 10.2. The molecule has 0 unspecified atom stereocenters. The standard InChI is InChI=1S/C17H17N3S2/c1-2-6-15(7-3-1)8-4-13-22-17-19-18-14-20(17)11-10-16-9-5-12-21-16/h1-9,12,14H,10-11,13H2/b8-4+. The predicted molar refractivity (Wildman–Crippen MR) is 94.2 cm³/mol. The molecule has 0 atom stereocenters. The van der Waals surface area contributed by atoms with Crippen molar-refractivity contribution in [2.75, 3.05) is 5.75 Å². The van der Waals surface area contributed by atoms with Gasteiger partial charge in [0.2, 0.25) is 0 Å². The molecule has 0 aliphatic carbocycles. The minimum Gasteiger partial charge on any atom is -0.308 e. The van der Waals surface area contributed by atoms with Gasteiger partial charge in [-0.1, -0.05) is 60.3 Å². The first-order chi connectivity index (χ1) is 10.9. The fourth-order valence-electron chi connectivity index (χ4n) is 2.07. The highest BCUT2D eigenvalue weighted by molar-refractivity contribution is 7.99. The normalized spacial score (nSPS) is 11.3. The molecule has 2 heterocycles. The van der Waals surface area contributed by atoms with E-state index in [0.717, 1.165) is 23.9 Å². The Morgan fingerprint density at radius 3 is 2.86 bits per heavy atom. The summed E-state index contributed by atoms with van der Waals surface area (Å²) in [6, 6.07) is 14.6. The Morgan fingerprint density at radius 1 is 1.14 bits per heavy atom. The predicted octanol–water partition coefficient (Wildman–Crippen LogP) is 4.39. The van der Waals surface area contributed by atoms with Gasteiger partial charge in [0.05, 0.1) is 0 Å². The van der Waals surface area contributed by atoms with E-state index >= 15 is 0 Å². The molecule has 1 aromatic carbocycles. The van der Waals surface area contributed by atoms with E-state index in [1.54, 1.807) is 23.1 Å². The summed E-state index contributed by atoms with van der Waals surface area (Å²) in [6.07, 6.45) is 7.15. The van der Waals surface area contributed by atoms with E-state index in [-0.39, 0.29) is 0 Å². The molecule has 0 radical (unpaired) electrons. The average Bonchev–Trinajstić information content (AvgIpc) is 3.22. The van der Waals surface area contributed by atoms with Crippen LogP contribution in [0.4, 0.5) is 0 Å². The second-order valence-electron chi connectivity index (χ2n) is 4.76. The molecule has 112 valence electrons. The summed E-state index contributed by atoms with van der Waals surface area (Å²) in [5.74, 6) is 0.895. The number of nitrogens with zero attached hydrogens (tertiary/aromatic N) is 3. The lowest BCUT2D eigenvalue weighted by molar-refractivity contribution is 0.638. The number of hydrogen-bond donors (Lipinski definition) is 0. The number of rotatable bonds is 7. The van der Waals surface area contributed by atoms with Crippen molar-refractivity contribution in [2.45, 2.75) is 18.1 Å². The Labute approximate surface area is 138 Å². The highest BCUT2D eigenvalue weighted by atomic mass is 32.2. The van der Waals surface area contributed by atoms with Crippen molar-refractivity contribution in [3.8, 4) is 0 Å². The molecular formula is C17H17N3S2.